The van der Waals surface area contributed by atoms with Crippen molar-refractivity contribution < 1.29 is 0 Å². The highest BCUT2D eigenvalue weighted by Gasteiger charge is 2.19. The van der Waals surface area contributed by atoms with Gasteiger partial charge in [-0.3, -0.25) is 9.36 Å². The molecule has 0 aliphatic rings. The van der Waals surface area contributed by atoms with Gasteiger partial charge < -0.3 is 4.57 Å². The summed E-state index contributed by atoms with van der Waals surface area (Å²) in [6, 6.07) is 18.1. The van der Waals surface area contributed by atoms with E-state index in [2.05, 4.69) is 23.6 Å². The van der Waals surface area contributed by atoms with Crippen LogP contribution in [0.1, 0.15) is 38.2 Å². The molecule has 32 heavy (non-hydrogen) atoms. The van der Waals surface area contributed by atoms with Gasteiger partial charge in [0.15, 0.2) is 11.3 Å². The van der Waals surface area contributed by atoms with E-state index < -0.39 is 0 Å². The number of aromatic nitrogens is 5. The molecule has 0 N–H and O–H groups in total. The number of hydrogen-bond donors (Lipinski definition) is 0. The van der Waals surface area contributed by atoms with Crippen molar-refractivity contribution in [3.63, 3.8) is 0 Å². The molecule has 162 valence electrons. The molecule has 5 rings (SSSR count). The second-order valence-corrected chi connectivity index (χ2v) is 8.27. The Morgan fingerprint density at radius 1 is 0.812 bits per heavy atom. The maximum Gasteiger partial charge on any atom is 0.265 e. The van der Waals surface area contributed by atoms with Gasteiger partial charge in [0.05, 0.1) is 17.4 Å². The summed E-state index contributed by atoms with van der Waals surface area (Å²) in [6.07, 6.45) is 6.96. The lowest BCUT2D eigenvalue weighted by atomic mass is 10.1. The van der Waals surface area contributed by atoms with E-state index in [1.54, 1.807) is 10.9 Å². The highest BCUT2D eigenvalue weighted by Crippen LogP contribution is 2.25. The van der Waals surface area contributed by atoms with Crippen molar-refractivity contribution in [3.8, 4) is 0 Å². The molecule has 2 aromatic carbocycles. The van der Waals surface area contributed by atoms with E-state index in [9.17, 15) is 4.79 Å². The van der Waals surface area contributed by atoms with Gasteiger partial charge in [-0.25, -0.2) is 15.0 Å². The second-order valence-electron chi connectivity index (χ2n) is 8.27. The molecule has 0 spiro atoms. The standard InChI is InChI=1S/C26H27N5O/c1-2-3-4-10-16-30-18-27-24-22(26(30)32)23-25(29-21-14-9-8-13-20(21)28-23)31(24)17-15-19-11-6-5-7-12-19/h5-9,11-14,18H,2-4,10,15-17H2,1H3. The van der Waals surface area contributed by atoms with E-state index in [-0.39, 0.29) is 5.56 Å². The van der Waals surface area contributed by atoms with E-state index in [0.717, 1.165) is 35.9 Å². The van der Waals surface area contributed by atoms with E-state index in [1.165, 1.54) is 18.4 Å². The first-order valence-electron chi connectivity index (χ1n) is 11.4. The molecule has 0 bridgehead atoms. The molecule has 0 saturated carbocycles. The lowest BCUT2D eigenvalue weighted by Gasteiger charge is -2.08. The Balaban J connectivity index is 1.65. The fourth-order valence-corrected chi connectivity index (χ4v) is 4.30. The molecule has 3 aromatic heterocycles. The second kappa shape index (κ2) is 8.91. The van der Waals surface area contributed by atoms with Gasteiger partial charge in [-0.1, -0.05) is 68.7 Å². The predicted molar refractivity (Wildman–Crippen MR) is 129 cm³/mol. The number of benzene rings is 2. The number of unbranched alkanes of at least 4 members (excludes halogenated alkanes) is 3. The topological polar surface area (TPSA) is 65.6 Å². The minimum atomic E-state index is -0.0282. The fourth-order valence-electron chi connectivity index (χ4n) is 4.30. The third-order valence-electron chi connectivity index (χ3n) is 6.04. The molecule has 6 heteroatoms. The fraction of sp³-hybridized carbons (Fsp3) is 0.308. The summed E-state index contributed by atoms with van der Waals surface area (Å²) < 4.78 is 3.79. The summed E-state index contributed by atoms with van der Waals surface area (Å²) in [7, 11) is 0. The maximum atomic E-state index is 13.5. The van der Waals surface area contributed by atoms with Crippen molar-refractivity contribution in [1.82, 2.24) is 24.1 Å². The first kappa shape index (κ1) is 20.4. The minimum Gasteiger partial charge on any atom is -0.308 e. The average molecular weight is 426 g/mol. The van der Waals surface area contributed by atoms with Gasteiger partial charge in [0, 0.05) is 13.1 Å². The molecular formula is C26H27N5O. The van der Waals surface area contributed by atoms with Crippen LogP contribution < -0.4 is 5.56 Å². The molecule has 0 unspecified atom stereocenters. The highest BCUT2D eigenvalue weighted by molar-refractivity contribution is 6.04. The van der Waals surface area contributed by atoms with Crippen LogP contribution in [0.3, 0.4) is 0 Å². The van der Waals surface area contributed by atoms with Crippen LogP contribution in [-0.2, 0) is 19.5 Å². The Kier molecular flexibility index (Phi) is 5.67. The summed E-state index contributed by atoms with van der Waals surface area (Å²) in [5, 5.41) is 0.573. The lowest BCUT2D eigenvalue weighted by molar-refractivity contribution is 0.567. The summed E-state index contributed by atoms with van der Waals surface area (Å²) in [5.74, 6) is 0. The Labute approximate surface area is 186 Å². The van der Waals surface area contributed by atoms with Crippen molar-refractivity contribution in [2.24, 2.45) is 0 Å². The molecule has 5 aromatic rings. The molecular weight excluding hydrogens is 398 g/mol. The summed E-state index contributed by atoms with van der Waals surface area (Å²) in [5.41, 5.74) is 4.86. The van der Waals surface area contributed by atoms with Crippen LogP contribution in [0.2, 0.25) is 0 Å². The first-order valence-corrected chi connectivity index (χ1v) is 11.4. The summed E-state index contributed by atoms with van der Waals surface area (Å²) in [4.78, 5) is 28.0. The minimum absolute atomic E-state index is 0.0282. The normalized spacial score (nSPS) is 11.7. The van der Waals surface area contributed by atoms with E-state index in [4.69, 9.17) is 15.0 Å². The number of rotatable bonds is 8. The number of fused-ring (bicyclic) bond motifs is 4. The van der Waals surface area contributed by atoms with Crippen molar-refractivity contribution in [3.05, 3.63) is 76.8 Å². The first-order chi connectivity index (χ1) is 15.8. The Bertz CT molecular complexity index is 1440. The Hall–Kier alpha value is -3.54. The zero-order chi connectivity index (χ0) is 21.9. The van der Waals surface area contributed by atoms with E-state index in [1.807, 2.05) is 42.5 Å². The van der Waals surface area contributed by atoms with Gasteiger partial charge >= 0.3 is 0 Å². The van der Waals surface area contributed by atoms with Crippen LogP contribution in [0.5, 0.6) is 0 Å². The number of nitrogens with zero attached hydrogens (tertiary/aromatic N) is 5. The molecule has 0 radical (unpaired) electrons. The van der Waals surface area contributed by atoms with Crippen LogP contribution in [-0.4, -0.2) is 24.1 Å². The zero-order valence-electron chi connectivity index (χ0n) is 18.4. The van der Waals surface area contributed by atoms with Crippen LogP contribution in [0.15, 0.2) is 65.7 Å². The number of hydrogen-bond acceptors (Lipinski definition) is 4. The SMILES string of the molecule is CCCCCCn1cnc2c(c1=O)c1nc3ccccc3nc1n2CCc1ccccc1. The smallest absolute Gasteiger partial charge is 0.265 e. The molecule has 0 atom stereocenters. The maximum absolute atomic E-state index is 13.5. The van der Waals surface area contributed by atoms with Crippen LogP contribution >= 0.6 is 0 Å². The zero-order valence-corrected chi connectivity index (χ0v) is 18.4. The van der Waals surface area contributed by atoms with E-state index in [0.29, 0.717) is 29.6 Å². The number of para-hydroxylation sites is 2. The third kappa shape index (κ3) is 3.77. The van der Waals surface area contributed by atoms with Gasteiger partial charge in [-0.2, -0.15) is 0 Å². The van der Waals surface area contributed by atoms with Gasteiger partial charge in [0.2, 0.25) is 0 Å². The molecule has 6 nitrogen and oxygen atoms in total. The highest BCUT2D eigenvalue weighted by atomic mass is 16.1. The molecule has 0 saturated heterocycles. The quantitative estimate of drug-likeness (QED) is 0.324. The molecule has 0 aliphatic carbocycles. The van der Waals surface area contributed by atoms with Gasteiger partial charge in [-0.05, 0) is 30.5 Å². The van der Waals surface area contributed by atoms with Crippen LogP contribution in [0, 0.1) is 0 Å². The van der Waals surface area contributed by atoms with Crippen molar-refractivity contribution in [2.75, 3.05) is 0 Å². The van der Waals surface area contributed by atoms with E-state index >= 15 is 0 Å². The number of aryl methyl sites for hydroxylation is 3. The Morgan fingerprint density at radius 3 is 2.34 bits per heavy atom. The van der Waals surface area contributed by atoms with Crippen LogP contribution in [0.25, 0.3) is 33.2 Å². The van der Waals surface area contributed by atoms with Gasteiger partial charge in [-0.15, -0.1) is 0 Å². The predicted octanol–water partition coefficient (Wildman–Crippen LogP) is 5.12. The van der Waals surface area contributed by atoms with Crippen molar-refractivity contribution in [2.45, 2.75) is 52.1 Å². The Morgan fingerprint density at radius 2 is 1.56 bits per heavy atom. The molecule has 0 fully saturated rings. The largest absolute Gasteiger partial charge is 0.308 e. The van der Waals surface area contributed by atoms with Crippen molar-refractivity contribution in [1.29, 1.82) is 0 Å². The molecule has 3 heterocycles. The molecule has 0 amide bonds. The van der Waals surface area contributed by atoms with Gasteiger partial charge in [0.25, 0.3) is 5.56 Å². The summed E-state index contributed by atoms with van der Waals surface area (Å²) in [6.45, 7) is 3.55. The monoisotopic (exact) mass is 425 g/mol. The van der Waals surface area contributed by atoms with Crippen LogP contribution in [0.4, 0.5) is 0 Å². The average Bonchev–Trinajstić information content (AvgIpc) is 3.14. The summed E-state index contributed by atoms with van der Waals surface area (Å²) >= 11 is 0. The third-order valence-corrected chi connectivity index (χ3v) is 6.04. The lowest BCUT2D eigenvalue weighted by Crippen LogP contribution is -2.21. The van der Waals surface area contributed by atoms with Crippen molar-refractivity contribution >= 4 is 33.2 Å². The molecule has 0 aliphatic heterocycles. The van der Waals surface area contributed by atoms with Gasteiger partial charge in [0.1, 0.15) is 10.9 Å².